The number of halogens is 5. The highest BCUT2D eigenvalue weighted by atomic mass is 79.9. The fourth-order valence-electron chi connectivity index (χ4n) is 15.9. The molecule has 8 aromatic rings. The zero-order valence-electron chi connectivity index (χ0n) is 64.8. The van der Waals surface area contributed by atoms with Crippen LogP contribution in [0.3, 0.4) is 0 Å². The van der Waals surface area contributed by atoms with Crippen molar-refractivity contribution in [2.75, 3.05) is 26.2 Å². The summed E-state index contributed by atoms with van der Waals surface area (Å²) in [5.74, 6) is -7.54. The van der Waals surface area contributed by atoms with Crippen molar-refractivity contribution >= 4 is 121 Å². The van der Waals surface area contributed by atoms with Gasteiger partial charge in [0.05, 0.1) is 24.8 Å². The first kappa shape index (κ1) is 86.8. The Hall–Kier alpha value is -10.2. The van der Waals surface area contributed by atoms with Crippen LogP contribution in [0.25, 0.3) is 0 Å². The van der Waals surface area contributed by atoms with Gasteiger partial charge in [-0.2, -0.15) is 0 Å². The van der Waals surface area contributed by atoms with Crippen molar-refractivity contribution in [3.63, 3.8) is 0 Å². The van der Waals surface area contributed by atoms with Crippen LogP contribution < -0.4 is 21.3 Å². The molecular formula is C85H88BrCl3FN11O12. The third-order valence-electron chi connectivity index (χ3n) is 20.6. The Bertz CT molecular complexity index is 5030. The maximum atomic E-state index is 13.8. The Morgan fingerprint density at radius 3 is 1.04 bits per heavy atom. The Morgan fingerprint density at radius 2 is 0.717 bits per heavy atom. The molecule has 4 fully saturated rings. The molecule has 8 atom stereocenters. The third-order valence-corrected chi connectivity index (χ3v) is 21.7. The number of amides is 4. The standard InChI is InChI=1S/C22H22BrFN2O3.3C21H22ClN3O3/c1-11-8-12(2)18(13(3)9-11)19-16(27)10-14(21(19)28)6-7-25-22(29)20-15(24)4-5-17(23)26-20;1-11-6-12(2)18(13(3)7-11)19-16(26)8-14(20(19)27)4-5-24-21(28)15-9-23-10-17(22)25-15;1-11-6-12(2)18(13(3)7-11)19-16(26)8-14(20(19)27)4-5-23-21(28)15-9-25-17(22)10-24-15;1-11-8-12(2)16(13(3)9-11)17-15(26)10-14(19(17)27)4-5-25-21(28)18-20(22)24-7-6-23-18/h4-5,8-9,14,19H,6-7,10H2,1-3H3,(H,25,29);6-7,9-10,14,19H,4-5,8H2,1-3H3,(H,24,28);6-7,9-10,14,19H,4-5,8H2,1-3H3,(H,23,28);6-9,14,17H,4-5,10H2,1-3H3,(H,25,28). The first-order chi connectivity index (χ1) is 53.5. The van der Waals surface area contributed by atoms with Gasteiger partial charge in [0.15, 0.2) is 45.5 Å². The summed E-state index contributed by atoms with van der Waals surface area (Å²) >= 11 is 20.4. The van der Waals surface area contributed by atoms with Crippen molar-refractivity contribution in [1.82, 2.24) is 56.2 Å². The number of carbonyl (C=O) groups excluding carboxylic acids is 12. The first-order valence-electron chi connectivity index (χ1n) is 37.0. The molecule has 4 heterocycles. The number of nitrogens with zero attached hydrogens (tertiary/aromatic N) is 7. The molecule has 0 aliphatic heterocycles. The molecule has 4 N–H and O–H groups in total. The second kappa shape index (κ2) is 38.5. The Kier molecular flexibility index (Phi) is 29.6. The molecule has 4 saturated carbocycles. The molecule has 4 amide bonds. The maximum absolute atomic E-state index is 13.8. The molecule has 113 heavy (non-hydrogen) atoms. The molecule has 23 nitrogen and oxygen atoms in total. The first-order valence-corrected chi connectivity index (χ1v) is 38.9. The minimum atomic E-state index is -0.736. The number of Topliss-reactive ketones (excluding diaryl/α,β-unsaturated/α-hetero) is 8. The summed E-state index contributed by atoms with van der Waals surface area (Å²) in [6, 6.07) is 18.5. The van der Waals surface area contributed by atoms with Gasteiger partial charge in [0.2, 0.25) is 0 Å². The average molecular weight is 1660 g/mol. The largest absolute Gasteiger partial charge is 0.351 e. The van der Waals surface area contributed by atoms with Crippen molar-refractivity contribution < 1.29 is 61.9 Å². The van der Waals surface area contributed by atoms with Crippen molar-refractivity contribution in [1.29, 1.82) is 0 Å². The number of aromatic nitrogens is 7. The molecule has 8 unspecified atom stereocenters. The van der Waals surface area contributed by atoms with E-state index in [2.05, 4.69) is 72.1 Å². The number of hydrogen-bond acceptors (Lipinski definition) is 19. The van der Waals surface area contributed by atoms with Gasteiger partial charge in [-0.1, -0.05) is 106 Å². The summed E-state index contributed by atoms with van der Waals surface area (Å²) in [5.41, 5.74) is 15.4. The average Bonchev–Trinajstić information content (AvgIpc) is 1.66. The van der Waals surface area contributed by atoms with Crippen molar-refractivity contribution in [3.8, 4) is 0 Å². The van der Waals surface area contributed by atoms with Crippen molar-refractivity contribution in [2.45, 2.75) is 158 Å². The van der Waals surface area contributed by atoms with E-state index in [1.54, 1.807) is 0 Å². The lowest BCUT2D eigenvalue weighted by atomic mass is 9.86. The number of carbonyl (C=O) groups is 12. The van der Waals surface area contributed by atoms with Crippen LogP contribution in [0.15, 0.2) is 102 Å². The van der Waals surface area contributed by atoms with Gasteiger partial charge in [-0.25, -0.2) is 34.3 Å². The van der Waals surface area contributed by atoms with E-state index in [1.165, 1.54) is 43.2 Å². The molecule has 0 spiro atoms. The lowest BCUT2D eigenvalue weighted by Gasteiger charge is -2.16. The molecule has 0 radical (unpaired) electrons. The predicted molar refractivity (Wildman–Crippen MR) is 427 cm³/mol. The molecule has 590 valence electrons. The van der Waals surface area contributed by atoms with Crippen molar-refractivity contribution in [3.05, 3.63) is 236 Å². The Morgan fingerprint density at radius 1 is 0.389 bits per heavy atom. The summed E-state index contributed by atoms with van der Waals surface area (Å²) in [6.45, 7) is 24.4. The molecule has 4 aromatic carbocycles. The van der Waals surface area contributed by atoms with E-state index in [4.69, 9.17) is 34.8 Å². The van der Waals surface area contributed by atoms with E-state index < -0.39 is 59.0 Å². The van der Waals surface area contributed by atoms with Crippen LogP contribution >= 0.6 is 50.7 Å². The summed E-state index contributed by atoms with van der Waals surface area (Å²) in [4.78, 5) is 178. The van der Waals surface area contributed by atoms with E-state index in [1.807, 2.05) is 132 Å². The Balaban J connectivity index is 0.000000173. The number of nitrogens with one attached hydrogen (secondary N) is 4. The van der Waals surface area contributed by atoms with Crippen molar-refractivity contribution in [2.24, 2.45) is 23.7 Å². The number of aryl methyl sites for hydroxylation is 12. The predicted octanol–water partition coefficient (Wildman–Crippen LogP) is 13.3. The van der Waals surface area contributed by atoms with Gasteiger partial charge in [-0.3, -0.25) is 62.5 Å². The number of benzene rings is 4. The van der Waals surface area contributed by atoms with Crippen LogP contribution in [-0.2, 0) is 38.4 Å². The lowest BCUT2D eigenvalue weighted by Crippen LogP contribution is -2.28. The Labute approximate surface area is 678 Å². The van der Waals surface area contributed by atoms with Gasteiger partial charge in [-0.15, -0.1) is 0 Å². The minimum Gasteiger partial charge on any atom is -0.351 e. The number of pyridine rings is 1. The minimum absolute atomic E-state index is 0.0255. The molecule has 0 saturated heterocycles. The highest BCUT2D eigenvalue weighted by molar-refractivity contribution is 9.10. The SMILES string of the molecule is Cc1cc(C)c(C2C(=O)CC(CCNC(=O)c3cnc(Cl)cn3)C2=O)c(C)c1.Cc1cc(C)c(C2C(=O)CC(CCNC(=O)c3cncc(Cl)n3)C2=O)c(C)c1.Cc1cc(C)c(C2C(=O)CC(CCNC(=O)c3nc(Br)ccc3F)C2=O)c(C)c1.Cc1cc(C)c(C2C(=O)CC(CCNC(=O)c3nccnc3Cl)C2=O)c(C)c1. The van der Waals surface area contributed by atoms with Crippen LogP contribution in [0.5, 0.6) is 0 Å². The molecule has 28 heteroatoms. The quantitative estimate of drug-likeness (QED) is 0.0407. The van der Waals surface area contributed by atoms with E-state index in [0.29, 0.717) is 30.3 Å². The van der Waals surface area contributed by atoms with E-state index in [0.717, 1.165) is 95.1 Å². The summed E-state index contributed by atoms with van der Waals surface area (Å²) in [7, 11) is 0. The topological polar surface area (TPSA) is 343 Å². The van der Waals surface area contributed by atoms with Gasteiger partial charge >= 0.3 is 0 Å². The molecule has 12 rings (SSSR count). The highest BCUT2D eigenvalue weighted by Crippen LogP contribution is 2.42. The maximum Gasteiger partial charge on any atom is 0.273 e. The normalized spacial score (nSPS) is 19.1. The molecule has 0 bridgehead atoms. The van der Waals surface area contributed by atoms with Crippen LogP contribution in [0.4, 0.5) is 4.39 Å². The monoisotopic (exact) mass is 1660 g/mol. The zero-order valence-corrected chi connectivity index (χ0v) is 68.6. The summed E-state index contributed by atoms with van der Waals surface area (Å²) in [6.07, 6.45) is 10.4. The van der Waals surface area contributed by atoms with Gasteiger partial charge < -0.3 is 21.3 Å². The fraction of sp³-hybridized carbons (Fsp3) is 0.376. The molecule has 4 aromatic heterocycles. The highest BCUT2D eigenvalue weighted by Gasteiger charge is 2.47. The fourth-order valence-corrected chi connectivity index (χ4v) is 16.7. The van der Waals surface area contributed by atoms with Gasteiger partial charge in [0, 0.05) is 87.9 Å². The summed E-state index contributed by atoms with van der Waals surface area (Å²) < 4.78 is 14.1. The van der Waals surface area contributed by atoms with Crippen LogP contribution in [0, 0.1) is 113 Å². The molecular weight excluding hydrogens is 1570 g/mol. The van der Waals surface area contributed by atoms with Gasteiger partial charge in [0.1, 0.15) is 73.1 Å². The van der Waals surface area contributed by atoms with Crippen LogP contribution in [0.2, 0.25) is 15.5 Å². The van der Waals surface area contributed by atoms with E-state index >= 15 is 0 Å². The van der Waals surface area contributed by atoms with Gasteiger partial charge in [0.25, 0.3) is 23.6 Å². The van der Waals surface area contributed by atoms with E-state index in [-0.39, 0.29) is 154 Å². The summed E-state index contributed by atoms with van der Waals surface area (Å²) in [5, 5.41) is 11.1. The third kappa shape index (κ3) is 21.4. The second-order valence-electron chi connectivity index (χ2n) is 29.4. The van der Waals surface area contributed by atoms with E-state index in [9.17, 15) is 61.9 Å². The zero-order chi connectivity index (χ0) is 82.6. The second-order valence-corrected chi connectivity index (χ2v) is 31.3. The molecule has 4 aliphatic rings. The lowest BCUT2D eigenvalue weighted by molar-refractivity contribution is -0.126. The number of rotatable bonds is 20. The number of ketones is 8. The van der Waals surface area contributed by atoms with Crippen LogP contribution in [0.1, 0.15) is 206 Å². The molecule has 4 aliphatic carbocycles. The smallest absolute Gasteiger partial charge is 0.273 e. The number of hydrogen-bond donors (Lipinski definition) is 4. The van der Waals surface area contributed by atoms with Crippen LogP contribution in [-0.4, -0.2) is 131 Å². The van der Waals surface area contributed by atoms with Gasteiger partial charge in [-0.05, 0) is 204 Å².